The third-order valence-electron chi connectivity index (χ3n) is 5.17. The number of aryl methyl sites for hydroxylation is 2. The number of carbonyl (C=O) groups is 1. The molecule has 0 N–H and O–H groups in total. The van der Waals surface area contributed by atoms with E-state index in [1.165, 1.54) is 0 Å². The standard InChI is InChI=1S/C24H24N4O2/c1-16-22-20(24(29)27(2)15-17-9-8-12-19(13-17)30-4)14-21(18-10-6-5-7-11-18)25-23(22)28(3)26-16/h5-14H,15H2,1-4H3. The topological polar surface area (TPSA) is 60.2 Å². The van der Waals surface area contributed by atoms with Crippen LogP contribution in [0.15, 0.2) is 60.7 Å². The number of benzene rings is 2. The highest BCUT2D eigenvalue weighted by molar-refractivity contribution is 6.07. The second kappa shape index (κ2) is 7.99. The third kappa shape index (κ3) is 3.64. The summed E-state index contributed by atoms with van der Waals surface area (Å²) < 4.78 is 7.03. The van der Waals surface area contributed by atoms with Crippen LogP contribution in [0.4, 0.5) is 0 Å². The van der Waals surface area contributed by atoms with E-state index in [0.29, 0.717) is 17.8 Å². The zero-order chi connectivity index (χ0) is 21.3. The first-order valence-corrected chi connectivity index (χ1v) is 9.76. The molecule has 2 heterocycles. The average Bonchev–Trinajstić information content (AvgIpc) is 3.06. The molecule has 0 saturated carbocycles. The number of pyridine rings is 1. The molecule has 0 aliphatic heterocycles. The quantitative estimate of drug-likeness (QED) is 0.503. The minimum Gasteiger partial charge on any atom is -0.497 e. The van der Waals surface area contributed by atoms with Gasteiger partial charge in [0, 0.05) is 26.2 Å². The van der Waals surface area contributed by atoms with Crippen molar-refractivity contribution in [3.8, 4) is 17.0 Å². The molecule has 0 radical (unpaired) electrons. The Morgan fingerprint density at radius 1 is 1.10 bits per heavy atom. The SMILES string of the molecule is COc1cccc(CN(C)C(=O)c2cc(-c3ccccc3)nc3c2c(C)nn3C)c1. The molecule has 0 saturated heterocycles. The van der Waals surface area contributed by atoms with Crippen molar-refractivity contribution >= 4 is 16.9 Å². The molecule has 0 aliphatic rings. The third-order valence-corrected chi connectivity index (χ3v) is 5.17. The van der Waals surface area contributed by atoms with Crippen LogP contribution >= 0.6 is 0 Å². The van der Waals surface area contributed by atoms with Crippen molar-refractivity contribution in [1.29, 1.82) is 0 Å². The van der Waals surface area contributed by atoms with Gasteiger partial charge in [0.15, 0.2) is 5.65 Å². The van der Waals surface area contributed by atoms with Crippen LogP contribution in [-0.4, -0.2) is 39.7 Å². The van der Waals surface area contributed by atoms with Crippen LogP contribution in [-0.2, 0) is 13.6 Å². The van der Waals surface area contributed by atoms with E-state index in [4.69, 9.17) is 9.72 Å². The summed E-state index contributed by atoms with van der Waals surface area (Å²) in [7, 11) is 5.30. The van der Waals surface area contributed by atoms with Gasteiger partial charge in [0.25, 0.3) is 5.91 Å². The maximum Gasteiger partial charge on any atom is 0.254 e. The van der Waals surface area contributed by atoms with Crippen molar-refractivity contribution in [3.05, 3.63) is 77.5 Å². The van der Waals surface area contributed by atoms with Crippen LogP contribution in [0.2, 0.25) is 0 Å². The fraction of sp³-hybridized carbons (Fsp3) is 0.208. The molecular weight excluding hydrogens is 376 g/mol. The van der Waals surface area contributed by atoms with Crippen LogP contribution in [0.1, 0.15) is 21.6 Å². The minimum atomic E-state index is -0.0708. The number of methoxy groups -OCH3 is 1. The molecule has 6 heteroatoms. The fourth-order valence-electron chi connectivity index (χ4n) is 3.69. The van der Waals surface area contributed by atoms with Gasteiger partial charge in [-0.05, 0) is 30.7 Å². The number of ether oxygens (including phenoxy) is 1. The highest BCUT2D eigenvalue weighted by Gasteiger charge is 2.22. The van der Waals surface area contributed by atoms with Gasteiger partial charge < -0.3 is 9.64 Å². The van der Waals surface area contributed by atoms with Gasteiger partial charge in [-0.15, -0.1) is 0 Å². The van der Waals surface area contributed by atoms with Crippen LogP contribution in [0, 0.1) is 6.92 Å². The smallest absolute Gasteiger partial charge is 0.254 e. The number of hydrogen-bond acceptors (Lipinski definition) is 4. The number of rotatable bonds is 5. The number of fused-ring (bicyclic) bond motifs is 1. The molecule has 152 valence electrons. The lowest BCUT2D eigenvalue weighted by atomic mass is 10.0. The molecule has 0 aliphatic carbocycles. The van der Waals surface area contributed by atoms with Gasteiger partial charge in [-0.2, -0.15) is 5.10 Å². The van der Waals surface area contributed by atoms with E-state index in [0.717, 1.165) is 33.7 Å². The van der Waals surface area contributed by atoms with E-state index in [-0.39, 0.29) is 5.91 Å². The zero-order valence-electron chi connectivity index (χ0n) is 17.6. The van der Waals surface area contributed by atoms with Crippen molar-refractivity contribution in [3.63, 3.8) is 0 Å². The van der Waals surface area contributed by atoms with Crippen molar-refractivity contribution in [2.75, 3.05) is 14.2 Å². The molecule has 2 aromatic carbocycles. The van der Waals surface area contributed by atoms with Gasteiger partial charge in [0.1, 0.15) is 5.75 Å². The molecule has 0 atom stereocenters. The second-order valence-electron chi connectivity index (χ2n) is 7.34. The van der Waals surface area contributed by atoms with E-state index in [1.54, 1.807) is 16.7 Å². The Hall–Kier alpha value is -3.67. The molecule has 2 aromatic heterocycles. The normalized spacial score (nSPS) is 10.9. The maximum atomic E-state index is 13.5. The molecule has 6 nitrogen and oxygen atoms in total. The summed E-state index contributed by atoms with van der Waals surface area (Å²) in [6, 6.07) is 19.5. The number of nitrogens with zero attached hydrogens (tertiary/aromatic N) is 4. The van der Waals surface area contributed by atoms with Crippen LogP contribution < -0.4 is 4.74 Å². The lowest BCUT2D eigenvalue weighted by Gasteiger charge is -2.19. The molecule has 0 spiro atoms. The van der Waals surface area contributed by atoms with Crippen molar-refractivity contribution in [1.82, 2.24) is 19.7 Å². The Balaban J connectivity index is 1.77. The minimum absolute atomic E-state index is 0.0708. The van der Waals surface area contributed by atoms with Crippen molar-refractivity contribution in [2.24, 2.45) is 7.05 Å². The molecular formula is C24H24N4O2. The second-order valence-corrected chi connectivity index (χ2v) is 7.34. The summed E-state index contributed by atoms with van der Waals surface area (Å²) in [6.07, 6.45) is 0. The van der Waals surface area contributed by atoms with E-state index in [1.807, 2.05) is 81.7 Å². The van der Waals surface area contributed by atoms with Crippen molar-refractivity contribution in [2.45, 2.75) is 13.5 Å². The monoisotopic (exact) mass is 400 g/mol. The maximum absolute atomic E-state index is 13.5. The molecule has 4 rings (SSSR count). The van der Waals surface area contributed by atoms with Gasteiger partial charge >= 0.3 is 0 Å². The van der Waals surface area contributed by atoms with Gasteiger partial charge in [0.2, 0.25) is 0 Å². The van der Waals surface area contributed by atoms with Crippen LogP contribution in [0.25, 0.3) is 22.3 Å². The number of carbonyl (C=O) groups excluding carboxylic acids is 1. The summed E-state index contributed by atoms with van der Waals surface area (Å²) in [4.78, 5) is 20.0. The molecule has 0 fully saturated rings. The number of aromatic nitrogens is 3. The average molecular weight is 400 g/mol. The van der Waals surface area contributed by atoms with E-state index >= 15 is 0 Å². The summed E-state index contributed by atoms with van der Waals surface area (Å²) in [6.45, 7) is 2.38. The Kier molecular flexibility index (Phi) is 5.23. The first-order chi connectivity index (χ1) is 14.5. The Bertz CT molecular complexity index is 1210. The predicted octanol–water partition coefficient (Wildman–Crippen LogP) is 4.22. The van der Waals surface area contributed by atoms with Gasteiger partial charge in [-0.25, -0.2) is 4.98 Å². The van der Waals surface area contributed by atoms with Gasteiger partial charge in [-0.1, -0.05) is 42.5 Å². The van der Waals surface area contributed by atoms with Gasteiger partial charge in [-0.3, -0.25) is 9.48 Å². The van der Waals surface area contributed by atoms with E-state index in [2.05, 4.69) is 5.10 Å². The van der Waals surface area contributed by atoms with Gasteiger partial charge in [0.05, 0.1) is 29.4 Å². The summed E-state index contributed by atoms with van der Waals surface area (Å²) >= 11 is 0. The Morgan fingerprint density at radius 2 is 1.87 bits per heavy atom. The predicted molar refractivity (Wildman–Crippen MR) is 117 cm³/mol. The summed E-state index contributed by atoms with van der Waals surface area (Å²) in [5.41, 5.74) is 4.81. The number of hydrogen-bond donors (Lipinski definition) is 0. The fourth-order valence-corrected chi connectivity index (χ4v) is 3.69. The molecule has 4 aromatic rings. The Morgan fingerprint density at radius 3 is 2.60 bits per heavy atom. The van der Waals surface area contributed by atoms with E-state index < -0.39 is 0 Å². The Labute approximate surface area is 175 Å². The summed E-state index contributed by atoms with van der Waals surface area (Å²) in [5, 5.41) is 5.29. The highest BCUT2D eigenvalue weighted by atomic mass is 16.5. The molecule has 1 amide bonds. The molecule has 0 bridgehead atoms. The largest absolute Gasteiger partial charge is 0.497 e. The number of amides is 1. The lowest BCUT2D eigenvalue weighted by Crippen LogP contribution is -2.26. The lowest BCUT2D eigenvalue weighted by molar-refractivity contribution is 0.0787. The van der Waals surface area contributed by atoms with E-state index in [9.17, 15) is 4.79 Å². The molecule has 0 unspecified atom stereocenters. The zero-order valence-corrected chi connectivity index (χ0v) is 17.6. The summed E-state index contributed by atoms with van der Waals surface area (Å²) in [5.74, 6) is 0.701. The van der Waals surface area contributed by atoms with Crippen LogP contribution in [0.3, 0.4) is 0 Å². The first-order valence-electron chi connectivity index (χ1n) is 9.76. The van der Waals surface area contributed by atoms with Crippen LogP contribution in [0.5, 0.6) is 5.75 Å². The first kappa shape index (κ1) is 19.6. The highest BCUT2D eigenvalue weighted by Crippen LogP contribution is 2.28. The van der Waals surface area contributed by atoms with Crippen molar-refractivity contribution < 1.29 is 9.53 Å². The molecule has 30 heavy (non-hydrogen) atoms.